The van der Waals surface area contributed by atoms with Crippen LogP contribution in [0.3, 0.4) is 0 Å². The first-order valence-electron chi connectivity index (χ1n) is 6.21. The van der Waals surface area contributed by atoms with Crippen molar-refractivity contribution in [1.29, 1.82) is 0 Å². The number of pyridine rings is 1. The van der Waals surface area contributed by atoms with E-state index in [1.807, 2.05) is 19.9 Å². The van der Waals surface area contributed by atoms with Crippen molar-refractivity contribution in [1.82, 2.24) is 14.8 Å². The number of nitrogens with zero attached hydrogens (tertiary/aromatic N) is 3. The number of hydrogen-bond acceptors (Lipinski definition) is 4. The summed E-state index contributed by atoms with van der Waals surface area (Å²) in [4.78, 5) is 16.6. The number of aryl methyl sites for hydroxylation is 3. The quantitative estimate of drug-likeness (QED) is 0.900. The predicted molar refractivity (Wildman–Crippen MR) is 81.7 cm³/mol. The van der Waals surface area contributed by atoms with Gasteiger partial charge in [-0.3, -0.25) is 9.48 Å². The number of hydrogen-bond donors (Lipinski definition) is 2. The molecule has 2 aromatic rings. The molecule has 1 amide bonds. The molecule has 7 heteroatoms. The largest absolute Gasteiger partial charge is 0.395 e. The molecule has 3 N–H and O–H groups in total. The molecule has 2 heterocycles. The molecule has 0 aliphatic heterocycles. The third-order valence-electron chi connectivity index (χ3n) is 2.95. The van der Waals surface area contributed by atoms with Crippen molar-refractivity contribution in [2.45, 2.75) is 27.3 Å². The van der Waals surface area contributed by atoms with Gasteiger partial charge < -0.3 is 11.1 Å². The molecule has 0 fully saturated rings. The average molecular weight is 338 g/mol. The van der Waals surface area contributed by atoms with Crippen LogP contribution in [0.5, 0.6) is 0 Å². The topological polar surface area (TPSA) is 85.8 Å². The number of nitrogen functional groups attached to an aromatic ring is 1. The van der Waals surface area contributed by atoms with Gasteiger partial charge in [0, 0.05) is 11.0 Å². The lowest BCUT2D eigenvalue weighted by molar-refractivity contribution is 0.101. The van der Waals surface area contributed by atoms with Crippen LogP contribution in [-0.2, 0) is 6.54 Å². The Morgan fingerprint density at radius 2 is 2.10 bits per heavy atom. The highest BCUT2D eigenvalue weighted by Crippen LogP contribution is 2.20. The second-order valence-electron chi connectivity index (χ2n) is 4.38. The molecule has 0 spiro atoms. The fourth-order valence-corrected chi connectivity index (χ4v) is 2.07. The van der Waals surface area contributed by atoms with Gasteiger partial charge in [-0.25, -0.2) is 4.98 Å². The molecule has 0 atom stereocenters. The third kappa shape index (κ3) is 2.67. The molecule has 2 aromatic heterocycles. The van der Waals surface area contributed by atoms with E-state index in [4.69, 9.17) is 5.73 Å². The maximum absolute atomic E-state index is 12.3. The fourth-order valence-electron chi connectivity index (χ4n) is 1.85. The summed E-state index contributed by atoms with van der Waals surface area (Å²) in [7, 11) is 0. The summed E-state index contributed by atoms with van der Waals surface area (Å²) in [6.07, 6.45) is 0. The van der Waals surface area contributed by atoms with Crippen LogP contribution in [0.4, 0.5) is 11.5 Å². The highest BCUT2D eigenvalue weighted by molar-refractivity contribution is 9.10. The first-order valence-corrected chi connectivity index (χ1v) is 7.00. The van der Waals surface area contributed by atoms with E-state index < -0.39 is 0 Å². The van der Waals surface area contributed by atoms with Gasteiger partial charge in [-0.2, -0.15) is 5.10 Å². The van der Waals surface area contributed by atoms with Crippen LogP contribution in [-0.4, -0.2) is 20.7 Å². The first-order chi connectivity index (χ1) is 9.43. The number of anilines is 2. The minimum absolute atomic E-state index is 0.306. The van der Waals surface area contributed by atoms with E-state index in [1.54, 1.807) is 17.7 Å². The Hall–Kier alpha value is -1.89. The Morgan fingerprint density at radius 1 is 1.40 bits per heavy atom. The number of amides is 1. The predicted octanol–water partition coefficient (Wildman–Crippen LogP) is 2.51. The van der Waals surface area contributed by atoms with Gasteiger partial charge in [-0.15, -0.1) is 0 Å². The van der Waals surface area contributed by atoms with Gasteiger partial charge in [0.05, 0.1) is 17.1 Å². The molecule has 0 saturated carbocycles. The maximum Gasteiger partial charge on any atom is 0.277 e. The van der Waals surface area contributed by atoms with Crippen LogP contribution in [0.1, 0.15) is 28.8 Å². The highest BCUT2D eigenvalue weighted by atomic mass is 79.9. The summed E-state index contributed by atoms with van der Waals surface area (Å²) >= 11 is 3.37. The summed E-state index contributed by atoms with van der Waals surface area (Å²) in [5.41, 5.74) is 8.14. The lowest BCUT2D eigenvalue weighted by Gasteiger charge is -2.08. The van der Waals surface area contributed by atoms with Gasteiger partial charge >= 0.3 is 0 Å². The van der Waals surface area contributed by atoms with Crippen molar-refractivity contribution in [3.8, 4) is 0 Å². The number of rotatable bonds is 3. The van der Waals surface area contributed by atoms with E-state index in [9.17, 15) is 4.79 Å². The zero-order valence-corrected chi connectivity index (χ0v) is 13.2. The van der Waals surface area contributed by atoms with E-state index in [0.29, 0.717) is 29.4 Å². The van der Waals surface area contributed by atoms with Gasteiger partial charge in [0.2, 0.25) is 0 Å². The Kier molecular flexibility index (Phi) is 4.08. The van der Waals surface area contributed by atoms with Crippen LogP contribution < -0.4 is 11.1 Å². The lowest BCUT2D eigenvalue weighted by atomic mass is 10.3. The SMILES string of the molecule is CCn1nc(C)c(N)c1C(=O)Nc1ccc(Br)c(C)n1. The summed E-state index contributed by atoms with van der Waals surface area (Å²) in [5, 5.41) is 6.97. The number of carbonyl (C=O) groups excluding carboxylic acids is 1. The van der Waals surface area contributed by atoms with Crippen LogP contribution >= 0.6 is 15.9 Å². The van der Waals surface area contributed by atoms with Crippen LogP contribution in [0, 0.1) is 13.8 Å². The molecule has 106 valence electrons. The van der Waals surface area contributed by atoms with Crippen molar-refractivity contribution < 1.29 is 4.79 Å². The van der Waals surface area contributed by atoms with E-state index in [1.165, 1.54) is 0 Å². The van der Waals surface area contributed by atoms with E-state index >= 15 is 0 Å². The molecule has 0 unspecified atom stereocenters. The van der Waals surface area contributed by atoms with Gasteiger partial charge in [-0.1, -0.05) is 0 Å². The number of carbonyl (C=O) groups is 1. The van der Waals surface area contributed by atoms with Crippen molar-refractivity contribution in [3.63, 3.8) is 0 Å². The maximum atomic E-state index is 12.3. The third-order valence-corrected chi connectivity index (χ3v) is 3.79. The molecule has 0 aliphatic rings. The molecule has 0 aromatic carbocycles. The normalized spacial score (nSPS) is 10.6. The average Bonchev–Trinajstić information content (AvgIpc) is 2.69. The molecule has 20 heavy (non-hydrogen) atoms. The Bertz CT molecular complexity index is 665. The van der Waals surface area contributed by atoms with Crippen molar-refractivity contribution in [2.24, 2.45) is 0 Å². The van der Waals surface area contributed by atoms with Crippen LogP contribution in [0.25, 0.3) is 0 Å². The lowest BCUT2D eigenvalue weighted by Crippen LogP contribution is -2.19. The highest BCUT2D eigenvalue weighted by Gasteiger charge is 2.19. The van der Waals surface area contributed by atoms with E-state index in [2.05, 4.69) is 31.3 Å². The number of halogens is 1. The van der Waals surface area contributed by atoms with Crippen molar-refractivity contribution in [3.05, 3.63) is 33.7 Å². The van der Waals surface area contributed by atoms with Gasteiger partial charge in [0.15, 0.2) is 0 Å². The molecular formula is C13H16BrN5O. The number of aromatic nitrogens is 3. The molecule has 0 saturated heterocycles. The minimum Gasteiger partial charge on any atom is -0.395 e. The summed E-state index contributed by atoms with van der Waals surface area (Å²) in [6.45, 7) is 6.12. The second kappa shape index (κ2) is 5.62. The molecule has 6 nitrogen and oxygen atoms in total. The van der Waals surface area contributed by atoms with E-state index in [-0.39, 0.29) is 5.91 Å². The first kappa shape index (κ1) is 14.5. The molecule has 0 radical (unpaired) electrons. The van der Waals surface area contributed by atoms with E-state index in [0.717, 1.165) is 10.2 Å². The zero-order chi connectivity index (χ0) is 14.9. The molecule has 0 bridgehead atoms. The number of nitrogens with two attached hydrogens (primary N) is 1. The van der Waals surface area contributed by atoms with Gasteiger partial charge in [0.25, 0.3) is 5.91 Å². The van der Waals surface area contributed by atoms with Crippen molar-refractivity contribution >= 4 is 33.3 Å². The molecular weight excluding hydrogens is 322 g/mol. The second-order valence-corrected chi connectivity index (χ2v) is 5.24. The molecule has 2 rings (SSSR count). The Labute approximate surface area is 125 Å². The standard InChI is InChI=1S/C13H16BrN5O/c1-4-19-12(11(15)8(3)18-19)13(20)17-10-6-5-9(14)7(2)16-10/h5-6H,4,15H2,1-3H3,(H,16,17,20). The van der Waals surface area contributed by atoms with Gasteiger partial charge in [-0.05, 0) is 48.8 Å². The van der Waals surface area contributed by atoms with Crippen LogP contribution in [0.15, 0.2) is 16.6 Å². The molecule has 0 aliphatic carbocycles. The summed E-state index contributed by atoms with van der Waals surface area (Å²) in [6, 6.07) is 3.56. The van der Waals surface area contributed by atoms with Gasteiger partial charge in [0.1, 0.15) is 11.5 Å². The number of nitrogens with one attached hydrogen (secondary N) is 1. The monoisotopic (exact) mass is 337 g/mol. The summed E-state index contributed by atoms with van der Waals surface area (Å²) < 4.78 is 2.48. The zero-order valence-electron chi connectivity index (χ0n) is 11.6. The fraction of sp³-hybridized carbons (Fsp3) is 0.308. The van der Waals surface area contributed by atoms with Crippen molar-refractivity contribution in [2.75, 3.05) is 11.1 Å². The van der Waals surface area contributed by atoms with Crippen LogP contribution in [0.2, 0.25) is 0 Å². The summed E-state index contributed by atoms with van der Waals surface area (Å²) in [5.74, 6) is 0.177. The smallest absolute Gasteiger partial charge is 0.277 e. The Morgan fingerprint density at radius 3 is 2.70 bits per heavy atom. The Balaban J connectivity index is 2.30. The minimum atomic E-state index is -0.306.